The number of nitrogens with zero attached hydrogens (tertiary/aromatic N) is 2. The van der Waals surface area contributed by atoms with E-state index in [1.165, 1.54) is 0 Å². The number of benzene rings is 1. The molecule has 0 unspecified atom stereocenters. The van der Waals surface area contributed by atoms with Crippen LogP contribution in [0.25, 0.3) is 0 Å². The first-order valence-corrected chi connectivity index (χ1v) is 6.13. The molecule has 20 heavy (non-hydrogen) atoms. The molecule has 0 spiro atoms. The number of nitrogens with one attached hydrogen (secondary N) is 2. The number of carbonyl (C=O) groups is 1. The Morgan fingerprint density at radius 1 is 1.30 bits per heavy atom. The fraction of sp³-hybridized carbons (Fsp3) is 0.133. The number of hydrogen-bond acceptors (Lipinski definition) is 4. The summed E-state index contributed by atoms with van der Waals surface area (Å²) in [7, 11) is 1.74. The molecule has 0 radical (unpaired) electrons. The van der Waals surface area contributed by atoms with Gasteiger partial charge in [0.2, 0.25) is 0 Å². The summed E-state index contributed by atoms with van der Waals surface area (Å²) in [5, 5.41) is 14.3. The molecule has 0 saturated heterocycles. The van der Waals surface area contributed by atoms with Gasteiger partial charge in [0.1, 0.15) is 0 Å². The number of nitriles is 1. The van der Waals surface area contributed by atoms with Crippen molar-refractivity contribution in [1.82, 2.24) is 4.98 Å². The van der Waals surface area contributed by atoms with E-state index < -0.39 is 0 Å². The zero-order chi connectivity index (χ0) is 14.4. The standard InChI is InChI=1S/C15H14N4O/c1-17-14-10-18-9-7-13(14)15(20)19-12-4-2-11(3-5-12)6-8-16/h2-5,7,9-10,17H,6H2,1H3,(H,19,20). The lowest BCUT2D eigenvalue weighted by Gasteiger charge is -2.09. The molecule has 100 valence electrons. The molecule has 0 saturated carbocycles. The van der Waals surface area contributed by atoms with Crippen LogP contribution < -0.4 is 10.6 Å². The van der Waals surface area contributed by atoms with Crippen LogP contribution in [-0.2, 0) is 6.42 Å². The number of rotatable bonds is 4. The summed E-state index contributed by atoms with van der Waals surface area (Å²) in [6.07, 6.45) is 3.54. The van der Waals surface area contributed by atoms with Crippen molar-refractivity contribution in [3.8, 4) is 6.07 Å². The third-order valence-electron chi connectivity index (χ3n) is 2.83. The van der Waals surface area contributed by atoms with Crippen LogP contribution in [-0.4, -0.2) is 17.9 Å². The van der Waals surface area contributed by atoms with Gasteiger partial charge in [-0.1, -0.05) is 12.1 Å². The van der Waals surface area contributed by atoms with Crippen LogP contribution in [0.5, 0.6) is 0 Å². The molecular weight excluding hydrogens is 252 g/mol. The van der Waals surface area contributed by atoms with Gasteiger partial charge in [-0.2, -0.15) is 5.26 Å². The van der Waals surface area contributed by atoms with E-state index in [-0.39, 0.29) is 5.91 Å². The molecule has 1 aromatic carbocycles. The second-order valence-electron chi connectivity index (χ2n) is 4.16. The minimum atomic E-state index is -0.204. The Balaban J connectivity index is 2.13. The summed E-state index contributed by atoms with van der Waals surface area (Å²) in [6.45, 7) is 0. The van der Waals surface area contributed by atoms with Crippen LogP contribution in [0.3, 0.4) is 0 Å². The molecule has 2 N–H and O–H groups in total. The topological polar surface area (TPSA) is 77.8 Å². The predicted molar refractivity (Wildman–Crippen MR) is 77.5 cm³/mol. The molecule has 5 heteroatoms. The lowest BCUT2D eigenvalue weighted by Crippen LogP contribution is -2.14. The van der Waals surface area contributed by atoms with Gasteiger partial charge in [0, 0.05) is 18.9 Å². The molecule has 0 atom stereocenters. The summed E-state index contributed by atoms with van der Waals surface area (Å²) < 4.78 is 0. The van der Waals surface area contributed by atoms with Crippen molar-refractivity contribution in [2.24, 2.45) is 0 Å². The van der Waals surface area contributed by atoms with Gasteiger partial charge in [-0.3, -0.25) is 9.78 Å². The SMILES string of the molecule is CNc1cnccc1C(=O)Nc1ccc(CC#N)cc1. The van der Waals surface area contributed by atoms with Crippen molar-refractivity contribution in [1.29, 1.82) is 5.26 Å². The Bertz CT molecular complexity index is 644. The molecule has 1 aromatic heterocycles. The van der Waals surface area contributed by atoms with Gasteiger partial charge in [-0.05, 0) is 23.8 Å². The lowest BCUT2D eigenvalue weighted by molar-refractivity contribution is 0.102. The summed E-state index contributed by atoms with van der Waals surface area (Å²) in [6, 6.07) is 11.0. The van der Waals surface area contributed by atoms with Crippen molar-refractivity contribution in [3.63, 3.8) is 0 Å². The molecule has 0 bridgehead atoms. The van der Waals surface area contributed by atoms with Crippen molar-refractivity contribution in [2.75, 3.05) is 17.7 Å². The third kappa shape index (κ3) is 3.12. The van der Waals surface area contributed by atoms with E-state index in [2.05, 4.69) is 21.7 Å². The minimum Gasteiger partial charge on any atom is -0.386 e. The first-order valence-electron chi connectivity index (χ1n) is 6.13. The number of carbonyl (C=O) groups excluding carboxylic acids is 1. The number of aromatic nitrogens is 1. The average molecular weight is 266 g/mol. The monoisotopic (exact) mass is 266 g/mol. The van der Waals surface area contributed by atoms with Crippen molar-refractivity contribution in [3.05, 3.63) is 53.9 Å². The highest BCUT2D eigenvalue weighted by atomic mass is 16.1. The van der Waals surface area contributed by atoms with Crippen molar-refractivity contribution in [2.45, 2.75) is 6.42 Å². The van der Waals surface area contributed by atoms with Crippen LogP contribution in [0, 0.1) is 11.3 Å². The van der Waals surface area contributed by atoms with Crippen molar-refractivity contribution >= 4 is 17.3 Å². The van der Waals surface area contributed by atoms with Gasteiger partial charge in [-0.15, -0.1) is 0 Å². The number of anilines is 2. The Kier molecular flexibility index (Phi) is 4.30. The molecule has 0 aliphatic carbocycles. The zero-order valence-electron chi connectivity index (χ0n) is 11.1. The quantitative estimate of drug-likeness (QED) is 0.891. The highest BCUT2D eigenvalue weighted by Crippen LogP contribution is 2.16. The molecule has 0 aliphatic heterocycles. The van der Waals surface area contributed by atoms with Gasteiger partial charge in [0.05, 0.1) is 29.9 Å². The fourth-order valence-electron chi connectivity index (χ4n) is 1.79. The van der Waals surface area contributed by atoms with E-state index >= 15 is 0 Å². The summed E-state index contributed by atoms with van der Waals surface area (Å²) in [5.41, 5.74) is 2.82. The molecule has 2 aromatic rings. The molecule has 2 rings (SSSR count). The minimum absolute atomic E-state index is 0.204. The van der Waals surface area contributed by atoms with Crippen LogP contribution in [0.2, 0.25) is 0 Å². The molecule has 0 fully saturated rings. The maximum Gasteiger partial charge on any atom is 0.257 e. The van der Waals surface area contributed by atoms with E-state index in [4.69, 9.17) is 5.26 Å². The van der Waals surface area contributed by atoms with Crippen molar-refractivity contribution < 1.29 is 4.79 Å². The summed E-state index contributed by atoms with van der Waals surface area (Å²) in [5.74, 6) is -0.204. The molecule has 1 heterocycles. The van der Waals surface area contributed by atoms with Gasteiger partial charge < -0.3 is 10.6 Å². The largest absolute Gasteiger partial charge is 0.386 e. The number of amides is 1. The smallest absolute Gasteiger partial charge is 0.257 e. The first kappa shape index (κ1) is 13.6. The van der Waals surface area contributed by atoms with E-state index in [1.54, 1.807) is 37.6 Å². The van der Waals surface area contributed by atoms with E-state index in [0.717, 1.165) is 5.56 Å². The lowest BCUT2D eigenvalue weighted by atomic mass is 10.1. The summed E-state index contributed by atoms with van der Waals surface area (Å²) >= 11 is 0. The van der Waals surface area contributed by atoms with Gasteiger partial charge in [0.25, 0.3) is 5.91 Å². The molecule has 5 nitrogen and oxygen atoms in total. The van der Waals surface area contributed by atoms with Gasteiger partial charge >= 0.3 is 0 Å². The van der Waals surface area contributed by atoms with Gasteiger partial charge in [0.15, 0.2) is 0 Å². The average Bonchev–Trinajstić information content (AvgIpc) is 2.49. The van der Waals surface area contributed by atoms with E-state index in [0.29, 0.717) is 23.4 Å². The van der Waals surface area contributed by atoms with E-state index in [1.807, 2.05) is 12.1 Å². The molecule has 0 aliphatic rings. The molecular formula is C15H14N4O. The highest BCUT2D eigenvalue weighted by Gasteiger charge is 2.10. The maximum atomic E-state index is 12.2. The molecule has 1 amide bonds. The Hall–Kier alpha value is -2.87. The fourth-order valence-corrected chi connectivity index (χ4v) is 1.79. The number of pyridine rings is 1. The summed E-state index contributed by atoms with van der Waals surface area (Å²) in [4.78, 5) is 16.1. The zero-order valence-corrected chi connectivity index (χ0v) is 11.1. The second kappa shape index (κ2) is 6.34. The first-order chi connectivity index (χ1) is 9.74. The maximum absolute atomic E-state index is 12.2. The van der Waals surface area contributed by atoms with Crippen LogP contribution >= 0.6 is 0 Å². The number of hydrogen-bond donors (Lipinski definition) is 2. The Morgan fingerprint density at radius 2 is 2.05 bits per heavy atom. The third-order valence-corrected chi connectivity index (χ3v) is 2.83. The Labute approximate surface area is 117 Å². The normalized spacial score (nSPS) is 9.60. The highest BCUT2D eigenvalue weighted by molar-refractivity contribution is 6.07. The van der Waals surface area contributed by atoms with Crippen LogP contribution in [0.15, 0.2) is 42.7 Å². The van der Waals surface area contributed by atoms with Gasteiger partial charge in [-0.25, -0.2) is 0 Å². The Morgan fingerprint density at radius 3 is 2.70 bits per heavy atom. The van der Waals surface area contributed by atoms with Crippen LogP contribution in [0.1, 0.15) is 15.9 Å². The predicted octanol–water partition coefficient (Wildman–Crippen LogP) is 2.44. The van der Waals surface area contributed by atoms with Crippen LogP contribution in [0.4, 0.5) is 11.4 Å². The van der Waals surface area contributed by atoms with E-state index in [9.17, 15) is 4.79 Å². The second-order valence-corrected chi connectivity index (χ2v) is 4.16.